The maximum absolute atomic E-state index is 10.7. The van der Waals surface area contributed by atoms with E-state index in [4.69, 9.17) is 5.21 Å². The van der Waals surface area contributed by atoms with Gasteiger partial charge in [0, 0.05) is 13.2 Å². The summed E-state index contributed by atoms with van der Waals surface area (Å²) in [6.45, 7) is 2.19. The summed E-state index contributed by atoms with van der Waals surface area (Å²) in [6.07, 6.45) is 3.16. The molecule has 1 N–H and O–H groups in total. The van der Waals surface area contributed by atoms with E-state index in [1.54, 1.807) is 16.3 Å². The molecule has 2 rings (SSSR count). The zero-order valence-electron chi connectivity index (χ0n) is 9.03. The van der Waals surface area contributed by atoms with Crippen LogP contribution in [0.2, 0.25) is 0 Å². The van der Waals surface area contributed by atoms with Gasteiger partial charge in [-0.15, -0.1) is 0 Å². The Labute approximate surface area is 91.5 Å². The van der Waals surface area contributed by atoms with Crippen LogP contribution in [0, 0.1) is 11.8 Å². The third-order valence-corrected chi connectivity index (χ3v) is 2.36. The maximum atomic E-state index is 10.7. The summed E-state index contributed by atoms with van der Waals surface area (Å²) in [4.78, 5) is 10.6. The highest BCUT2D eigenvalue weighted by atomic mass is 16.6. The van der Waals surface area contributed by atoms with Gasteiger partial charge in [-0.05, 0) is 13.0 Å². The van der Waals surface area contributed by atoms with Crippen LogP contribution in [-0.4, -0.2) is 29.7 Å². The summed E-state index contributed by atoms with van der Waals surface area (Å²) in [7, 11) is 1.83. The van der Waals surface area contributed by atoms with Gasteiger partial charge in [0.1, 0.15) is 11.9 Å². The average Bonchev–Trinajstić information content (AvgIpc) is 2.76. The van der Waals surface area contributed by atoms with Crippen molar-refractivity contribution in [2.75, 3.05) is 0 Å². The molecule has 0 aromatic carbocycles. The van der Waals surface area contributed by atoms with Gasteiger partial charge in [0.2, 0.25) is 0 Å². The maximum Gasteiger partial charge on any atom is 0.356 e. The van der Waals surface area contributed by atoms with Crippen molar-refractivity contribution < 1.29 is 10.1 Å². The highest BCUT2D eigenvalue weighted by molar-refractivity contribution is 5.31. The van der Waals surface area contributed by atoms with Gasteiger partial charge in [-0.1, -0.05) is 0 Å². The summed E-state index contributed by atoms with van der Waals surface area (Å²) in [5.41, 5.74) is 1.59. The topological polar surface area (TPSA) is 76.0 Å². The third-order valence-electron chi connectivity index (χ3n) is 2.36. The van der Waals surface area contributed by atoms with Crippen molar-refractivity contribution in [2.24, 2.45) is 7.05 Å². The van der Waals surface area contributed by atoms with Crippen molar-refractivity contribution in [3.05, 3.63) is 34.8 Å². The molecule has 2 aromatic heterocycles. The Kier molecular flexibility index (Phi) is 2.43. The van der Waals surface area contributed by atoms with E-state index in [1.165, 1.54) is 6.20 Å². The van der Waals surface area contributed by atoms with Crippen molar-refractivity contribution in [3.8, 4) is 0 Å². The second kappa shape index (κ2) is 3.76. The highest BCUT2D eigenvalue weighted by Gasteiger charge is 2.21. The van der Waals surface area contributed by atoms with E-state index in [0.717, 1.165) is 5.69 Å². The molecule has 0 fully saturated rings. The zero-order valence-corrected chi connectivity index (χ0v) is 9.03. The first-order valence-corrected chi connectivity index (χ1v) is 4.75. The van der Waals surface area contributed by atoms with Crippen LogP contribution in [0.4, 0.5) is 5.69 Å². The molecule has 0 aliphatic heterocycles. The van der Waals surface area contributed by atoms with E-state index in [2.05, 4.69) is 10.2 Å². The van der Waals surface area contributed by atoms with Gasteiger partial charge >= 0.3 is 5.69 Å². The minimum absolute atomic E-state index is 0.149. The number of aromatic nitrogens is 4. The molecule has 0 saturated carbocycles. The first kappa shape index (κ1) is 10.3. The second-order valence-electron chi connectivity index (χ2n) is 3.53. The smallest absolute Gasteiger partial charge is 0.275 e. The van der Waals surface area contributed by atoms with E-state index in [1.807, 2.05) is 19.3 Å². The molecule has 7 heteroatoms. The molecule has 0 bridgehead atoms. The molecule has 2 heterocycles. The number of rotatable bonds is 3. The van der Waals surface area contributed by atoms with Crippen molar-refractivity contribution in [1.29, 1.82) is 0 Å². The minimum Gasteiger partial charge on any atom is -0.275 e. The molecule has 0 saturated heterocycles. The molecule has 0 amide bonds. The summed E-state index contributed by atoms with van der Waals surface area (Å²) < 4.78 is 3.31. The molecular formula is C9H12N5O2+. The standard InChI is InChI=1S/C9H12N5O2/c1-7-9(14(15)16)5-10-13(7)6-8-3-4-12(2)11-8/h3-5H,6H2,1-2H3,(H,15,16)/q+1. The molecule has 0 spiro atoms. The first-order valence-electron chi connectivity index (χ1n) is 4.75. The Morgan fingerprint density at radius 1 is 1.56 bits per heavy atom. The van der Waals surface area contributed by atoms with Gasteiger partial charge in [-0.3, -0.25) is 9.36 Å². The fourth-order valence-corrected chi connectivity index (χ4v) is 1.48. The lowest BCUT2D eigenvalue weighted by Gasteiger charge is -1.99. The van der Waals surface area contributed by atoms with Gasteiger partial charge in [-0.2, -0.15) is 10.2 Å². The van der Waals surface area contributed by atoms with Crippen LogP contribution in [0.15, 0.2) is 18.5 Å². The number of hydrogen-bond donors (Lipinski definition) is 1. The van der Waals surface area contributed by atoms with E-state index in [9.17, 15) is 4.91 Å². The fourth-order valence-electron chi connectivity index (χ4n) is 1.48. The molecule has 0 atom stereocenters. The zero-order chi connectivity index (χ0) is 11.7. The summed E-state index contributed by atoms with van der Waals surface area (Å²) in [5, 5.41) is 17.0. The molecule has 0 aliphatic carbocycles. The third kappa shape index (κ3) is 1.79. The predicted molar refractivity (Wildman–Crippen MR) is 54.3 cm³/mol. The molecule has 7 nitrogen and oxygen atoms in total. The van der Waals surface area contributed by atoms with Crippen LogP contribution < -0.4 is 0 Å². The van der Waals surface area contributed by atoms with Crippen LogP contribution in [0.5, 0.6) is 0 Å². The molecule has 0 radical (unpaired) electrons. The molecular weight excluding hydrogens is 210 g/mol. The minimum atomic E-state index is -0.183. The van der Waals surface area contributed by atoms with Crippen LogP contribution in [0.25, 0.3) is 0 Å². The van der Waals surface area contributed by atoms with Gasteiger partial charge in [0.15, 0.2) is 0 Å². The monoisotopic (exact) mass is 222 g/mol. The van der Waals surface area contributed by atoms with Gasteiger partial charge in [0.05, 0.1) is 17.1 Å². The Balaban J connectivity index is 2.25. The van der Waals surface area contributed by atoms with E-state index in [-0.39, 0.29) is 10.6 Å². The number of hydrogen-bond acceptors (Lipinski definition) is 3. The quantitative estimate of drug-likeness (QED) is 0.778. The largest absolute Gasteiger partial charge is 0.356 e. The van der Waals surface area contributed by atoms with Crippen molar-refractivity contribution in [1.82, 2.24) is 19.6 Å². The highest BCUT2D eigenvalue weighted by Crippen LogP contribution is 2.16. The summed E-state index contributed by atoms with van der Waals surface area (Å²) in [5.74, 6) is 0. The van der Waals surface area contributed by atoms with Gasteiger partial charge < -0.3 is 0 Å². The van der Waals surface area contributed by atoms with Crippen molar-refractivity contribution >= 4 is 5.69 Å². The van der Waals surface area contributed by atoms with Crippen LogP contribution in [0.3, 0.4) is 0 Å². The first-order chi connectivity index (χ1) is 7.58. The average molecular weight is 222 g/mol. The van der Waals surface area contributed by atoms with Crippen LogP contribution >= 0.6 is 0 Å². The summed E-state index contributed by atoms with van der Waals surface area (Å²) >= 11 is 0. The Bertz CT molecular complexity index is 528. The summed E-state index contributed by atoms with van der Waals surface area (Å²) in [6, 6.07) is 1.87. The molecule has 16 heavy (non-hydrogen) atoms. The Hall–Kier alpha value is -2.18. The van der Waals surface area contributed by atoms with Crippen molar-refractivity contribution in [2.45, 2.75) is 13.5 Å². The van der Waals surface area contributed by atoms with Crippen LogP contribution in [-0.2, 0) is 13.6 Å². The lowest BCUT2D eigenvalue weighted by Crippen LogP contribution is -2.05. The molecule has 0 unspecified atom stereocenters. The SMILES string of the molecule is Cc1c([N+](=O)O)cnn1Cc1ccn(C)n1. The van der Waals surface area contributed by atoms with Gasteiger partial charge in [-0.25, -0.2) is 5.21 Å². The Morgan fingerprint density at radius 2 is 2.31 bits per heavy atom. The molecule has 2 aromatic rings. The molecule has 84 valence electrons. The number of aryl methyl sites for hydroxylation is 1. The second-order valence-corrected chi connectivity index (χ2v) is 3.53. The van der Waals surface area contributed by atoms with Crippen LogP contribution in [0.1, 0.15) is 11.4 Å². The van der Waals surface area contributed by atoms with E-state index >= 15 is 0 Å². The lowest BCUT2D eigenvalue weighted by molar-refractivity contribution is -0.730. The van der Waals surface area contributed by atoms with Gasteiger partial charge in [0.25, 0.3) is 4.92 Å². The van der Waals surface area contributed by atoms with E-state index < -0.39 is 0 Å². The van der Waals surface area contributed by atoms with E-state index in [0.29, 0.717) is 12.2 Å². The molecule has 0 aliphatic rings. The fraction of sp³-hybridized carbons (Fsp3) is 0.333. The lowest BCUT2D eigenvalue weighted by atomic mass is 10.4. The normalized spacial score (nSPS) is 10.6. The number of nitrogens with zero attached hydrogens (tertiary/aromatic N) is 5. The van der Waals surface area contributed by atoms with Crippen molar-refractivity contribution in [3.63, 3.8) is 0 Å². The predicted octanol–water partition coefficient (Wildman–Crippen LogP) is 0.773. The Morgan fingerprint density at radius 3 is 2.81 bits per heavy atom.